The zero-order chi connectivity index (χ0) is 21.1. The molecule has 6 heteroatoms. The molecule has 0 aliphatic rings. The lowest BCUT2D eigenvalue weighted by Gasteiger charge is -2.08. The molecule has 30 heavy (non-hydrogen) atoms. The highest BCUT2D eigenvalue weighted by molar-refractivity contribution is 6.36. The summed E-state index contributed by atoms with van der Waals surface area (Å²) >= 11 is 12.1. The molecule has 1 aromatic heterocycles. The minimum Gasteiger partial charge on any atom is -0.457 e. The number of hydrogen-bond donors (Lipinski definition) is 1. The van der Waals surface area contributed by atoms with Crippen LogP contribution in [0.3, 0.4) is 0 Å². The van der Waals surface area contributed by atoms with Gasteiger partial charge in [0.15, 0.2) is 0 Å². The molecule has 0 spiro atoms. The Kier molecular flexibility index (Phi) is 5.58. The van der Waals surface area contributed by atoms with Gasteiger partial charge in [-0.15, -0.1) is 0 Å². The number of carbonyl (C=O) groups is 1. The molecule has 1 amide bonds. The van der Waals surface area contributed by atoms with Crippen molar-refractivity contribution in [2.24, 2.45) is 0 Å². The van der Waals surface area contributed by atoms with Gasteiger partial charge in [-0.25, -0.2) is 0 Å². The Labute approximate surface area is 183 Å². The van der Waals surface area contributed by atoms with E-state index in [0.717, 1.165) is 10.8 Å². The van der Waals surface area contributed by atoms with E-state index < -0.39 is 5.91 Å². The maximum absolute atomic E-state index is 12.7. The van der Waals surface area contributed by atoms with Crippen molar-refractivity contribution in [2.75, 3.05) is 5.32 Å². The summed E-state index contributed by atoms with van der Waals surface area (Å²) in [6.07, 6.45) is 1.40. The van der Waals surface area contributed by atoms with Gasteiger partial charge in [0.2, 0.25) is 0 Å². The van der Waals surface area contributed by atoms with E-state index in [-0.39, 0.29) is 5.57 Å². The molecule has 0 aliphatic carbocycles. The molecule has 0 aliphatic heterocycles. The van der Waals surface area contributed by atoms with Gasteiger partial charge in [0.05, 0.1) is 5.02 Å². The van der Waals surface area contributed by atoms with Crippen LogP contribution < -0.4 is 5.32 Å². The number of fused-ring (bicyclic) bond motifs is 1. The number of nitriles is 1. The van der Waals surface area contributed by atoms with Crippen LogP contribution in [0.1, 0.15) is 5.76 Å². The fourth-order valence-corrected chi connectivity index (χ4v) is 3.58. The van der Waals surface area contributed by atoms with Crippen LogP contribution in [0.5, 0.6) is 0 Å². The molecule has 0 fully saturated rings. The molecule has 0 unspecified atom stereocenters. The lowest BCUT2D eigenvalue weighted by Crippen LogP contribution is -2.13. The smallest absolute Gasteiger partial charge is 0.266 e. The molecule has 4 rings (SSSR count). The highest BCUT2D eigenvalue weighted by Crippen LogP contribution is 2.32. The maximum atomic E-state index is 12.7. The van der Waals surface area contributed by atoms with Gasteiger partial charge >= 0.3 is 0 Å². The Hall–Kier alpha value is -3.52. The van der Waals surface area contributed by atoms with Crippen molar-refractivity contribution in [3.8, 4) is 17.4 Å². The van der Waals surface area contributed by atoms with E-state index in [1.165, 1.54) is 6.08 Å². The zero-order valence-corrected chi connectivity index (χ0v) is 17.0. The SMILES string of the molecule is N#CC(=Cc1ccc(-c2ccc(Cl)cc2Cl)o1)C(=O)Nc1cccc2ccccc12. The minimum atomic E-state index is -0.517. The average Bonchev–Trinajstić information content (AvgIpc) is 3.20. The van der Waals surface area contributed by atoms with Gasteiger partial charge in [0.25, 0.3) is 5.91 Å². The maximum Gasteiger partial charge on any atom is 0.266 e. The van der Waals surface area contributed by atoms with E-state index in [0.29, 0.717) is 32.8 Å². The van der Waals surface area contributed by atoms with Gasteiger partial charge in [0, 0.05) is 27.7 Å². The van der Waals surface area contributed by atoms with E-state index in [9.17, 15) is 10.1 Å². The Morgan fingerprint density at radius 2 is 1.80 bits per heavy atom. The van der Waals surface area contributed by atoms with Gasteiger partial charge in [-0.1, -0.05) is 59.6 Å². The van der Waals surface area contributed by atoms with Crippen molar-refractivity contribution >= 4 is 51.6 Å². The first-order valence-corrected chi connectivity index (χ1v) is 9.77. The van der Waals surface area contributed by atoms with Crippen LogP contribution >= 0.6 is 23.2 Å². The van der Waals surface area contributed by atoms with Crippen molar-refractivity contribution in [1.82, 2.24) is 0 Å². The first-order valence-electron chi connectivity index (χ1n) is 9.01. The molecule has 0 saturated heterocycles. The molecular weight excluding hydrogens is 419 g/mol. The molecule has 1 N–H and O–H groups in total. The van der Waals surface area contributed by atoms with Gasteiger partial charge in [0.1, 0.15) is 23.2 Å². The highest BCUT2D eigenvalue weighted by atomic mass is 35.5. The number of nitrogens with one attached hydrogen (secondary N) is 1. The quantitative estimate of drug-likeness (QED) is 0.280. The summed E-state index contributed by atoms with van der Waals surface area (Å²) in [5.74, 6) is 0.353. The highest BCUT2D eigenvalue weighted by Gasteiger charge is 2.14. The van der Waals surface area contributed by atoms with Crippen LogP contribution in [-0.2, 0) is 4.79 Å². The topological polar surface area (TPSA) is 66.0 Å². The molecule has 0 radical (unpaired) electrons. The third-order valence-corrected chi connectivity index (χ3v) is 5.06. The molecule has 146 valence electrons. The zero-order valence-electron chi connectivity index (χ0n) is 15.5. The summed E-state index contributed by atoms with van der Waals surface area (Å²) in [7, 11) is 0. The number of halogens is 2. The van der Waals surface area contributed by atoms with Crippen LogP contribution in [0.25, 0.3) is 28.2 Å². The number of benzene rings is 3. The number of amides is 1. The molecule has 1 heterocycles. The standard InChI is InChI=1S/C24H14Cl2N2O2/c25-17-8-10-20(21(26)13-17)23-11-9-18(30-23)12-16(14-27)24(29)28-22-7-3-5-15-4-1-2-6-19(15)22/h1-13H,(H,28,29). The second kappa shape index (κ2) is 8.46. The molecule has 3 aromatic carbocycles. The first kappa shape index (κ1) is 19.8. The second-order valence-corrected chi connectivity index (χ2v) is 7.32. The van der Waals surface area contributed by atoms with Crippen molar-refractivity contribution in [3.05, 3.63) is 94.2 Å². The van der Waals surface area contributed by atoms with Crippen LogP contribution in [-0.4, -0.2) is 5.91 Å². The minimum absolute atomic E-state index is 0.0777. The number of carbonyl (C=O) groups excluding carboxylic acids is 1. The molecule has 4 nitrogen and oxygen atoms in total. The summed E-state index contributed by atoms with van der Waals surface area (Å²) in [6, 6.07) is 23.7. The summed E-state index contributed by atoms with van der Waals surface area (Å²) in [4.78, 5) is 12.7. The van der Waals surface area contributed by atoms with Crippen LogP contribution in [0.2, 0.25) is 10.0 Å². The van der Waals surface area contributed by atoms with Crippen molar-refractivity contribution in [1.29, 1.82) is 5.26 Å². The summed E-state index contributed by atoms with van der Waals surface area (Å²) in [6.45, 7) is 0. The fraction of sp³-hybridized carbons (Fsp3) is 0. The van der Waals surface area contributed by atoms with Gasteiger partial charge in [-0.05, 0) is 41.8 Å². The largest absolute Gasteiger partial charge is 0.457 e. The number of hydrogen-bond acceptors (Lipinski definition) is 3. The van der Waals surface area contributed by atoms with Crippen molar-refractivity contribution in [3.63, 3.8) is 0 Å². The summed E-state index contributed by atoms with van der Waals surface area (Å²) in [5.41, 5.74) is 1.22. The number of furan rings is 1. The Morgan fingerprint density at radius 3 is 2.60 bits per heavy atom. The molecule has 0 bridgehead atoms. The fourth-order valence-electron chi connectivity index (χ4n) is 3.08. The van der Waals surface area contributed by atoms with Crippen molar-refractivity contribution in [2.45, 2.75) is 0 Å². The number of nitrogens with zero attached hydrogens (tertiary/aromatic N) is 1. The molecule has 4 aromatic rings. The third-order valence-electron chi connectivity index (χ3n) is 4.51. The molecular formula is C24H14Cl2N2O2. The van der Waals surface area contributed by atoms with Crippen LogP contribution in [0.15, 0.2) is 82.8 Å². The van der Waals surface area contributed by atoms with E-state index >= 15 is 0 Å². The monoisotopic (exact) mass is 432 g/mol. The third kappa shape index (κ3) is 4.08. The summed E-state index contributed by atoms with van der Waals surface area (Å²) in [5, 5.41) is 15.1. The van der Waals surface area contributed by atoms with Gasteiger partial charge in [-0.2, -0.15) is 5.26 Å². The normalized spacial score (nSPS) is 11.3. The Balaban J connectivity index is 1.60. The van der Waals surface area contributed by atoms with E-state index in [1.807, 2.05) is 42.5 Å². The van der Waals surface area contributed by atoms with Gasteiger partial charge in [-0.3, -0.25) is 4.79 Å². The molecule has 0 saturated carbocycles. The second-order valence-electron chi connectivity index (χ2n) is 6.48. The Morgan fingerprint density at radius 1 is 1.00 bits per heavy atom. The average molecular weight is 433 g/mol. The van der Waals surface area contributed by atoms with E-state index in [1.54, 1.807) is 36.4 Å². The van der Waals surface area contributed by atoms with Gasteiger partial charge < -0.3 is 9.73 Å². The first-order chi connectivity index (χ1) is 14.5. The number of rotatable bonds is 4. The van der Waals surface area contributed by atoms with E-state index in [4.69, 9.17) is 27.6 Å². The molecule has 0 atom stereocenters. The Bertz CT molecular complexity index is 1330. The lowest BCUT2D eigenvalue weighted by atomic mass is 10.1. The van der Waals surface area contributed by atoms with Crippen LogP contribution in [0.4, 0.5) is 5.69 Å². The van der Waals surface area contributed by atoms with Crippen molar-refractivity contribution < 1.29 is 9.21 Å². The van der Waals surface area contributed by atoms with Crippen LogP contribution in [0, 0.1) is 11.3 Å². The predicted molar refractivity (Wildman–Crippen MR) is 120 cm³/mol. The summed E-state index contributed by atoms with van der Waals surface area (Å²) < 4.78 is 5.76. The predicted octanol–water partition coefficient (Wildman–Crippen LogP) is 6.95. The van der Waals surface area contributed by atoms with E-state index in [2.05, 4.69) is 5.32 Å². The lowest BCUT2D eigenvalue weighted by molar-refractivity contribution is -0.112. The number of anilines is 1.